The number of halogens is 2. The van der Waals surface area contributed by atoms with Gasteiger partial charge >= 0.3 is 0 Å². The fourth-order valence-corrected chi connectivity index (χ4v) is 15.8. The van der Waals surface area contributed by atoms with Crippen LogP contribution in [0.2, 0.25) is 0 Å². The lowest BCUT2D eigenvalue weighted by Crippen LogP contribution is -2.26. The summed E-state index contributed by atoms with van der Waals surface area (Å²) in [5.74, 6) is -0.636. The van der Waals surface area contributed by atoms with Gasteiger partial charge in [0.25, 0.3) is 0 Å². The molecule has 0 atom stereocenters. The normalized spacial score (nSPS) is 12.1. The van der Waals surface area contributed by atoms with Gasteiger partial charge in [-0.05, 0) is 303 Å². The van der Waals surface area contributed by atoms with Gasteiger partial charge in [-0.2, -0.15) is 0 Å². The molecule has 0 amide bonds. The Bertz CT molecular complexity index is 4570. The fourth-order valence-electron chi connectivity index (χ4n) is 14.7. The quantitative estimate of drug-likeness (QED) is 0.0714. The summed E-state index contributed by atoms with van der Waals surface area (Å²) in [6, 6.07) is 41.4. The Morgan fingerprint density at radius 1 is 0.341 bits per heavy atom. The Hall–Kier alpha value is -7.23. The van der Waals surface area contributed by atoms with Crippen molar-refractivity contribution in [1.82, 2.24) is 0 Å². The van der Waals surface area contributed by atoms with Crippen molar-refractivity contribution >= 4 is 160 Å². The van der Waals surface area contributed by atoms with Gasteiger partial charge in [-0.15, -0.1) is 37.9 Å². The van der Waals surface area contributed by atoms with Crippen molar-refractivity contribution in [3.8, 4) is 44.5 Å². The van der Waals surface area contributed by atoms with E-state index in [0.717, 1.165) is 128 Å². The van der Waals surface area contributed by atoms with E-state index in [9.17, 15) is 0 Å². The summed E-state index contributed by atoms with van der Waals surface area (Å²) in [7, 11) is 11.1. The molecule has 0 fully saturated rings. The molecule has 12 rings (SSSR count). The third kappa shape index (κ3) is 9.78. The predicted octanol–water partition coefficient (Wildman–Crippen LogP) is 13.8. The average molecular weight is 1200 g/mol. The van der Waals surface area contributed by atoms with Crippen LogP contribution in [0.25, 0.3) is 66.1 Å². The lowest BCUT2D eigenvalue weighted by molar-refractivity contribution is 0.627. The molecule has 434 valence electrons. The minimum absolute atomic E-state index is 0.310. The van der Waals surface area contributed by atoms with Crippen molar-refractivity contribution in [3.63, 3.8) is 0 Å². The monoisotopic (exact) mass is 1200 g/mol. The van der Waals surface area contributed by atoms with Crippen molar-refractivity contribution in [3.05, 3.63) is 211 Å². The highest BCUT2D eigenvalue weighted by atomic mass is 32.1. The maximum Gasteiger partial charge on any atom is 0.140 e. The van der Waals surface area contributed by atoms with E-state index in [4.69, 9.17) is 37.9 Å². The fraction of sp³-hybridized carbons (Fsp3) is 0.184. The molecule has 1 aliphatic rings. The number of aryl methyl sites for hydroxylation is 2. The van der Waals surface area contributed by atoms with Crippen LogP contribution in [-0.4, -0.2) is 39.2 Å². The molecule has 11 aromatic rings. The first-order valence-corrected chi connectivity index (χ1v) is 32.0. The van der Waals surface area contributed by atoms with E-state index >= 15 is 8.78 Å². The van der Waals surface area contributed by atoms with Gasteiger partial charge in [0.05, 0.1) is 5.69 Å². The van der Waals surface area contributed by atoms with E-state index in [2.05, 4.69) is 205 Å². The van der Waals surface area contributed by atoms with Crippen molar-refractivity contribution < 1.29 is 8.78 Å². The molecular formula is C76H73B5F2N2S3. The Kier molecular flexibility index (Phi) is 15.9. The van der Waals surface area contributed by atoms with Crippen LogP contribution in [0.4, 0.5) is 42.9 Å². The maximum absolute atomic E-state index is 16.1. The van der Waals surface area contributed by atoms with Crippen LogP contribution in [0.15, 0.2) is 136 Å². The standard InChI is InChI=1S/C76H73B5F2N2S3/c1-35-36(2)39(5)72(80)64(37(35)3)50-27-49(63-41(7)70(78)45(11)74(86)43(63)9)29-57(30-50)84(55-17-13-15-53(82)33-55)61-25-21-47-20-24-60-62(26-22-48-19-23-59(61)67(47)68(48)60)85(56-18-14-16-54(83)34-56)58-31-51(65-38(4)40(6)69(77)44(10)73(65)81)28-52(32-58)66-42(8)71(79)46(12)75(87)76(66)88/h13-18,20-22,24-34,86-88H,19,23,77-81H2,1-12H3. The smallest absolute Gasteiger partial charge is 0.140 e. The van der Waals surface area contributed by atoms with Crippen LogP contribution in [0.5, 0.6) is 0 Å². The number of thiol groups is 3. The van der Waals surface area contributed by atoms with Crippen molar-refractivity contribution in [2.75, 3.05) is 9.80 Å². The lowest BCUT2D eigenvalue weighted by Gasteiger charge is -2.33. The Labute approximate surface area is 540 Å². The summed E-state index contributed by atoms with van der Waals surface area (Å²) in [5.41, 5.74) is 37.2. The minimum Gasteiger partial charge on any atom is -0.310 e. The zero-order chi connectivity index (χ0) is 63.0. The molecule has 0 bridgehead atoms. The number of hydrogen-bond acceptors (Lipinski definition) is 5. The highest BCUT2D eigenvalue weighted by Crippen LogP contribution is 2.51. The third-order valence-electron chi connectivity index (χ3n) is 21.0. The molecule has 0 aromatic heterocycles. The summed E-state index contributed by atoms with van der Waals surface area (Å²) < 4.78 is 32.3. The molecule has 12 heteroatoms. The second kappa shape index (κ2) is 23.0. The minimum atomic E-state index is -0.325. The topological polar surface area (TPSA) is 6.48 Å². The molecular weight excluding hydrogens is 1130 g/mol. The number of benzene rings is 11. The summed E-state index contributed by atoms with van der Waals surface area (Å²) in [6.45, 7) is 26.5. The van der Waals surface area contributed by atoms with Gasteiger partial charge in [-0.25, -0.2) is 8.78 Å². The summed E-state index contributed by atoms with van der Waals surface area (Å²) in [6.07, 6.45) is 1.53. The van der Waals surface area contributed by atoms with Gasteiger partial charge in [0.2, 0.25) is 0 Å². The van der Waals surface area contributed by atoms with E-state index in [-0.39, 0.29) is 11.6 Å². The first kappa shape index (κ1) is 61.0. The van der Waals surface area contributed by atoms with Crippen LogP contribution < -0.4 is 37.1 Å². The Balaban J connectivity index is 1.16. The molecule has 11 aromatic carbocycles. The van der Waals surface area contributed by atoms with E-state index < -0.39 is 0 Å². The first-order chi connectivity index (χ1) is 41.8. The van der Waals surface area contributed by atoms with Crippen LogP contribution in [0, 0.1) is 94.7 Å². The molecule has 0 radical (unpaired) electrons. The summed E-state index contributed by atoms with van der Waals surface area (Å²) in [5, 5.41) is 4.47. The van der Waals surface area contributed by atoms with E-state index in [1.165, 1.54) is 112 Å². The van der Waals surface area contributed by atoms with Gasteiger partial charge < -0.3 is 9.80 Å². The van der Waals surface area contributed by atoms with Gasteiger partial charge in [-0.3, -0.25) is 0 Å². The largest absolute Gasteiger partial charge is 0.310 e. The molecule has 0 saturated carbocycles. The van der Waals surface area contributed by atoms with Gasteiger partial charge in [0, 0.05) is 48.5 Å². The highest BCUT2D eigenvalue weighted by molar-refractivity contribution is 7.83. The molecule has 0 spiro atoms. The van der Waals surface area contributed by atoms with Gasteiger partial charge in [-0.1, -0.05) is 80.4 Å². The van der Waals surface area contributed by atoms with Crippen LogP contribution in [-0.2, 0) is 12.8 Å². The van der Waals surface area contributed by atoms with Gasteiger partial charge in [0.1, 0.15) is 50.9 Å². The van der Waals surface area contributed by atoms with Crippen LogP contribution in [0.3, 0.4) is 0 Å². The van der Waals surface area contributed by atoms with E-state index in [1.807, 2.05) is 18.2 Å². The second-order valence-corrected chi connectivity index (χ2v) is 26.6. The number of anilines is 6. The molecule has 0 aliphatic heterocycles. The molecule has 0 saturated heterocycles. The molecule has 88 heavy (non-hydrogen) atoms. The Morgan fingerprint density at radius 2 is 0.795 bits per heavy atom. The third-order valence-corrected chi connectivity index (χ3v) is 22.8. The van der Waals surface area contributed by atoms with E-state index in [1.54, 1.807) is 18.2 Å². The van der Waals surface area contributed by atoms with Gasteiger partial charge in [0.15, 0.2) is 0 Å². The SMILES string of the molecule is Bc1c(C)c(B)c(-c2cc(-c3c(C)c(B)c(C)c(S)c3S)cc(N(c3cccc(F)c3)c3ccc4c5c3ccc3ccc(N(c6cccc(F)c6)c6cc(-c7c(B)c(C)c(C)c(C)c7C)cc(-c7c(C)c(B)c(C)c(S)c7C)c6)c(c35)CC4)c2)c(C)c1C. The Morgan fingerprint density at radius 3 is 1.38 bits per heavy atom. The number of hydrogen-bond donors (Lipinski definition) is 3. The first-order valence-electron chi connectivity index (χ1n) is 30.7. The summed E-state index contributed by atoms with van der Waals surface area (Å²) >= 11 is 15.5. The highest BCUT2D eigenvalue weighted by Gasteiger charge is 2.30. The van der Waals surface area contributed by atoms with Crippen molar-refractivity contribution in [1.29, 1.82) is 0 Å². The molecule has 0 N–H and O–H groups in total. The molecule has 1 aliphatic carbocycles. The van der Waals surface area contributed by atoms with Crippen LogP contribution >= 0.6 is 37.9 Å². The lowest BCUT2D eigenvalue weighted by atomic mass is 9.72. The zero-order valence-corrected chi connectivity index (χ0v) is 56.6. The molecule has 0 heterocycles. The zero-order valence-electron chi connectivity index (χ0n) is 54.0. The predicted molar refractivity (Wildman–Crippen MR) is 399 cm³/mol. The molecule has 2 nitrogen and oxygen atoms in total. The van der Waals surface area contributed by atoms with Crippen LogP contribution in [0.1, 0.15) is 77.9 Å². The van der Waals surface area contributed by atoms with E-state index in [0.29, 0.717) is 5.69 Å². The average Bonchev–Trinajstić information content (AvgIpc) is 0.779. The molecule has 0 unspecified atom stereocenters. The summed E-state index contributed by atoms with van der Waals surface area (Å²) in [4.78, 5) is 7.22. The van der Waals surface area contributed by atoms with Crippen molar-refractivity contribution in [2.24, 2.45) is 0 Å². The second-order valence-electron chi connectivity index (χ2n) is 25.2. The van der Waals surface area contributed by atoms with Crippen molar-refractivity contribution in [2.45, 2.75) is 111 Å². The number of rotatable bonds is 10. The maximum atomic E-state index is 16.1. The number of nitrogens with zero attached hydrogens (tertiary/aromatic N) is 2.